The number of nitro benzene ring substituents is 1. The summed E-state index contributed by atoms with van der Waals surface area (Å²) in [5.74, 6) is 0.161. The zero-order valence-electron chi connectivity index (χ0n) is 15.2. The van der Waals surface area contributed by atoms with Gasteiger partial charge in [0, 0.05) is 18.7 Å². The molecule has 9 nitrogen and oxygen atoms in total. The summed E-state index contributed by atoms with van der Waals surface area (Å²) in [6.07, 6.45) is 0.144. The molecule has 2 amide bonds. The van der Waals surface area contributed by atoms with E-state index in [4.69, 9.17) is 9.47 Å². The Hall–Kier alpha value is -2.84. The molecule has 1 aromatic rings. The minimum Gasteiger partial charge on any atom is -0.484 e. The molecule has 1 unspecified atom stereocenters. The van der Waals surface area contributed by atoms with Crippen LogP contribution in [-0.2, 0) is 9.53 Å². The van der Waals surface area contributed by atoms with Gasteiger partial charge in [-0.05, 0) is 25.3 Å². The Bertz CT molecular complexity index is 620. The summed E-state index contributed by atoms with van der Waals surface area (Å²) in [5, 5.41) is 16.1. The van der Waals surface area contributed by atoms with Gasteiger partial charge < -0.3 is 20.1 Å². The van der Waals surface area contributed by atoms with Crippen molar-refractivity contribution >= 4 is 17.7 Å². The molecule has 0 saturated carbocycles. The van der Waals surface area contributed by atoms with Gasteiger partial charge in [0.05, 0.1) is 17.6 Å². The number of nitrogens with one attached hydrogen (secondary N) is 2. The third kappa shape index (κ3) is 8.32. The number of benzene rings is 1. The van der Waals surface area contributed by atoms with E-state index in [1.807, 2.05) is 13.8 Å². The van der Waals surface area contributed by atoms with Crippen LogP contribution >= 0.6 is 0 Å². The number of amides is 2. The van der Waals surface area contributed by atoms with Crippen molar-refractivity contribution < 1.29 is 24.0 Å². The SMILES string of the molecule is CCOC(=O)NC(CNC(=O)COc1cccc([N+](=O)[O-])c1)CC(C)C. The topological polar surface area (TPSA) is 120 Å². The fourth-order valence-electron chi connectivity index (χ4n) is 2.23. The molecule has 26 heavy (non-hydrogen) atoms. The van der Waals surface area contributed by atoms with E-state index in [0.717, 1.165) is 0 Å². The number of nitrogens with zero attached hydrogens (tertiary/aromatic N) is 1. The van der Waals surface area contributed by atoms with Crippen molar-refractivity contribution in [2.24, 2.45) is 5.92 Å². The molecule has 0 aliphatic carbocycles. The van der Waals surface area contributed by atoms with Crippen LogP contribution in [0.4, 0.5) is 10.5 Å². The zero-order valence-corrected chi connectivity index (χ0v) is 15.2. The van der Waals surface area contributed by atoms with Crippen LogP contribution in [0.2, 0.25) is 0 Å². The van der Waals surface area contributed by atoms with Crippen molar-refractivity contribution in [1.29, 1.82) is 0 Å². The maximum absolute atomic E-state index is 11.9. The van der Waals surface area contributed by atoms with Crippen LogP contribution in [-0.4, -0.2) is 42.7 Å². The van der Waals surface area contributed by atoms with Crippen LogP contribution in [0.5, 0.6) is 5.75 Å². The number of hydrogen-bond donors (Lipinski definition) is 2. The Labute approximate surface area is 152 Å². The van der Waals surface area contributed by atoms with E-state index in [1.165, 1.54) is 24.3 Å². The maximum Gasteiger partial charge on any atom is 0.407 e. The monoisotopic (exact) mass is 367 g/mol. The summed E-state index contributed by atoms with van der Waals surface area (Å²) >= 11 is 0. The molecule has 0 heterocycles. The Morgan fingerprint density at radius 1 is 1.31 bits per heavy atom. The molecule has 0 spiro atoms. The molecule has 9 heteroatoms. The van der Waals surface area contributed by atoms with Crippen molar-refractivity contribution in [3.63, 3.8) is 0 Å². The first-order valence-corrected chi connectivity index (χ1v) is 8.39. The molecule has 0 radical (unpaired) electrons. The average Bonchev–Trinajstić information content (AvgIpc) is 2.57. The van der Waals surface area contributed by atoms with Gasteiger partial charge in [0.1, 0.15) is 5.75 Å². The Balaban J connectivity index is 2.47. The van der Waals surface area contributed by atoms with Gasteiger partial charge in [-0.25, -0.2) is 4.79 Å². The fraction of sp³-hybridized carbons (Fsp3) is 0.529. The van der Waals surface area contributed by atoms with E-state index in [1.54, 1.807) is 6.92 Å². The summed E-state index contributed by atoms with van der Waals surface area (Å²) in [6.45, 7) is 5.94. The van der Waals surface area contributed by atoms with E-state index in [9.17, 15) is 19.7 Å². The van der Waals surface area contributed by atoms with Crippen molar-refractivity contribution in [3.05, 3.63) is 34.4 Å². The summed E-state index contributed by atoms with van der Waals surface area (Å²) in [4.78, 5) is 33.7. The van der Waals surface area contributed by atoms with Crippen molar-refractivity contribution in [2.75, 3.05) is 19.8 Å². The van der Waals surface area contributed by atoms with Gasteiger partial charge in [-0.2, -0.15) is 0 Å². The maximum atomic E-state index is 11.9. The van der Waals surface area contributed by atoms with Gasteiger partial charge in [-0.3, -0.25) is 14.9 Å². The van der Waals surface area contributed by atoms with Crippen molar-refractivity contribution in [3.8, 4) is 5.75 Å². The molecule has 0 bridgehead atoms. The molecule has 1 rings (SSSR count). The normalized spacial score (nSPS) is 11.5. The minimum atomic E-state index is -0.537. The molecule has 144 valence electrons. The summed E-state index contributed by atoms with van der Waals surface area (Å²) in [5.41, 5.74) is -0.112. The second kappa shape index (κ2) is 10.9. The standard InChI is InChI=1S/C17H25N3O6/c1-4-25-17(22)19-13(8-12(2)3)10-18-16(21)11-26-15-7-5-6-14(9-15)20(23)24/h5-7,9,12-13H,4,8,10-11H2,1-3H3,(H,18,21)(H,19,22). The van der Waals surface area contributed by atoms with E-state index in [-0.39, 0.29) is 37.2 Å². The number of rotatable bonds is 10. The summed E-state index contributed by atoms with van der Waals surface area (Å²) in [7, 11) is 0. The van der Waals surface area contributed by atoms with Crippen molar-refractivity contribution in [1.82, 2.24) is 10.6 Å². The smallest absolute Gasteiger partial charge is 0.407 e. The van der Waals surface area contributed by atoms with E-state index in [0.29, 0.717) is 12.3 Å². The third-order valence-electron chi connectivity index (χ3n) is 3.30. The number of non-ortho nitro benzene ring substituents is 1. The highest BCUT2D eigenvalue weighted by molar-refractivity contribution is 5.77. The number of hydrogen-bond acceptors (Lipinski definition) is 6. The number of nitro groups is 1. The van der Waals surface area contributed by atoms with E-state index in [2.05, 4.69) is 10.6 Å². The van der Waals surface area contributed by atoms with Crippen LogP contribution in [0.25, 0.3) is 0 Å². The Kier molecular flexibility index (Phi) is 8.90. The number of ether oxygens (including phenoxy) is 2. The molecule has 1 aromatic carbocycles. The van der Waals surface area contributed by atoms with Gasteiger partial charge in [0.2, 0.25) is 0 Å². The first-order chi connectivity index (χ1) is 12.3. The van der Waals surface area contributed by atoms with Crippen LogP contribution in [0.1, 0.15) is 27.2 Å². The van der Waals surface area contributed by atoms with E-state index < -0.39 is 16.9 Å². The lowest BCUT2D eigenvalue weighted by atomic mass is 10.0. The molecule has 0 fully saturated rings. The molecule has 0 aliphatic heterocycles. The highest BCUT2D eigenvalue weighted by Gasteiger charge is 2.16. The number of carbonyl (C=O) groups excluding carboxylic acids is 2. The number of alkyl carbamates (subject to hydrolysis) is 1. The van der Waals surface area contributed by atoms with Gasteiger partial charge in [0.25, 0.3) is 11.6 Å². The van der Waals surface area contributed by atoms with Crippen LogP contribution in [0, 0.1) is 16.0 Å². The second-order valence-electron chi connectivity index (χ2n) is 6.04. The first-order valence-electron chi connectivity index (χ1n) is 8.39. The minimum absolute atomic E-state index is 0.112. The highest BCUT2D eigenvalue weighted by Crippen LogP contribution is 2.18. The summed E-state index contributed by atoms with van der Waals surface area (Å²) < 4.78 is 10.1. The zero-order chi connectivity index (χ0) is 19.5. The van der Waals surface area contributed by atoms with Crippen LogP contribution < -0.4 is 15.4 Å². The largest absolute Gasteiger partial charge is 0.484 e. The van der Waals surface area contributed by atoms with Crippen LogP contribution in [0.3, 0.4) is 0 Å². The number of carbonyl (C=O) groups is 2. The molecule has 0 aromatic heterocycles. The lowest BCUT2D eigenvalue weighted by Gasteiger charge is -2.20. The highest BCUT2D eigenvalue weighted by atomic mass is 16.6. The molecule has 0 aliphatic rings. The quantitative estimate of drug-likeness (QED) is 0.483. The summed E-state index contributed by atoms with van der Waals surface area (Å²) in [6, 6.07) is 5.33. The van der Waals surface area contributed by atoms with Gasteiger partial charge in [-0.1, -0.05) is 19.9 Å². The van der Waals surface area contributed by atoms with Crippen LogP contribution in [0.15, 0.2) is 24.3 Å². The third-order valence-corrected chi connectivity index (χ3v) is 3.30. The van der Waals surface area contributed by atoms with E-state index >= 15 is 0 Å². The Morgan fingerprint density at radius 2 is 2.04 bits per heavy atom. The molecular formula is C17H25N3O6. The molecule has 0 saturated heterocycles. The van der Waals surface area contributed by atoms with Crippen molar-refractivity contribution in [2.45, 2.75) is 33.2 Å². The average molecular weight is 367 g/mol. The lowest BCUT2D eigenvalue weighted by molar-refractivity contribution is -0.384. The predicted octanol–water partition coefficient (Wildman–Crippen LogP) is 2.25. The molecular weight excluding hydrogens is 342 g/mol. The predicted molar refractivity (Wildman–Crippen MR) is 95.0 cm³/mol. The van der Waals surface area contributed by atoms with Gasteiger partial charge in [0.15, 0.2) is 6.61 Å². The van der Waals surface area contributed by atoms with Gasteiger partial charge >= 0.3 is 6.09 Å². The first kappa shape index (κ1) is 21.2. The molecule has 2 N–H and O–H groups in total. The fourth-order valence-corrected chi connectivity index (χ4v) is 2.23. The lowest BCUT2D eigenvalue weighted by Crippen LogP contribution is -2.45. The van der Waals surface area contributed by atoms with Gasteiger partial charge in [-0.15, -0.1) is 0 Å². The molecule has 1 atom stereocenters. The Morgan fingerprint density at radius 3 is 2.65 bits per heavy atom. The second-order valence-corrected chi connectivity index (χ2v) is 6.04.